The molecule has 2 aromatic carbocycles. The molecule has 0 radical (unpaired) electrons. The maximum atomic E-state index is 14.2. The van der Waals surface area contributed by atoms with E-state index in [4.69, 9.17) is 14.6 Å². The van der Waals surface area contributed by atoms with Gasteiger partial charge < -0.3 is 14.6 Å². The second-order valence-corrected chi connectivity index (χ2v) is 7.75. The van der Waals surface area contributed by atoms with Gasteiger partial charge in [0.25, 0.3) is 0 Å². The molecular formula is C23H22F2O6. The maximum Gasteiger partial charge on any atom is 0.382 e. The van der Waals surface area contributed by atoms with Crippen LogP contribution in [0.4, 0.5) is 8.78 Å². The van der Waals surface area contributed by atoms with E-state index in [0.717, 1.165) is 25.7 Å². The van der Waals surface area contributed by atoms with Crippen molar-refractivity contribution in [2.75, 3.05) is 0 Å². The summed E-state index contributed by atoms with van der Waals surface area (Å²) in [6.07, 6.45) is 1.21. The zero-order chi connectivity index (χ0) is 22.6. The number of carbonyl (C=O) groups is 3. The standard InChI is InChI=1S/C23H22F2O6/c1-22(13-5-6-14-22)31-20(27)17-11-9-16(10-12-17)19(26)30-18(23(24,25)21(28)29)15-7-3-2-4-8-15/h2-4,7-12,18H,5-6,13-14H2,1H3,(H,28,29). The molecule has 31 heavy (non-hydrogen) atoms. The van der Waals surface area contributed by atoms with E-state index in [-0.39, 0.29) is 16.7 Å². The number of ether oxygens (including phenoxy) is 2. The Bertz CT molecular complexity index is 950. The fourth-order valence-electron chi connectivity index (χ4n) is 3.52. The van der Waals surface area contributed by atoms with E-state index in [2.05, 4.69) is 0 Å². The first-order chi connectivity index (χ1) is 14.6. The number of alkyl halides is 2. The van der Waals surface area contributed by atoms with Crippen molar-refractivity contribution in [1.82, 2.24) is 0 Å². The van der Waals surface area contributed by atoms with Crippen LogP contribution in [0.5, 0.6) is 0 Å². The Hall–Kier alpha value is -3.29. The van der Waals surface area contributed by atoms with Crippen molar-refractivity contribution >= 4 is 17.9 Å². The minimum Gasteiger partial charge on any atom is -0.477 e. The van der Waals surface area contributed by atoms with Crippen LogP contribution >= 0.6 is 0 Å². The quantitative estimate of drug-likeness (QED) is 0.633. The third-order valence-corrected chi connectivity index (χ3v) is 5.30. The number of hydrogen-bond donors (Lipinski definition) is 1. The minimum absolute atomic E-state index is 0.106. The third kappa shape index (κ3) is 5.07. The van der Waals surface area contributed by atoms with Crippen LogP contribution in [0.15, 0.2) is 54.6 Å². The summed E-state index contributed by atoms with van der Waals surface area (Å²) in [7, 11) is 0. The maximum absolute atomic E-state index is 14.2. The highest BCUT2D eigenvalue weighted by molar-refractivity contribution is 5.93. The summed E-state index contributed by atoms with van der Waals surface area (Å²) >= 11 is 0. The zero-order valence-electron chi connectivity index (χ0n) is 16.8. The van der Waals surface area contributed by atoms with Gasteiger partial charge >= 0.3 is 23.8 Å². The van der Waals surface area contributed by atoms with E-state index >= 15 is 0 Å². The number of carboxylic acids is 1. The zero-order valence-corrected chi connectivity index (χ0v) is 16.8. The fraction of sp³-hybridized carbons (Fsp3) is 0.348. The highest BCUT2D eigenvalue weighted by Gasteiger charge is 2.51. The molecule has 0 bridgehead atoms. The molecule has 164 valence electrons. The van der Waals surface area contributed by atoms with Gasteiger partial charge in [-0.25, -0.2) is 14.4 Å². The van der Waals surface area contributed by atoms with Crippen molar-refractivity contribution in [2.45, 2.75) is 50.2 Å². The molecule has 1 fully saturated rings. The molecule has 0 saturated heterocycles. The Balaban J connectivity index is 1.75. The molecule has 0 aromatic heterocycles. The van der Waals surface area contributed by atoms with Crippen LogP contribution in [-0.2, 0) is 14.3 Å². The number of benzene rings is 2. The van der Waals surface area contributed by atoms with Crippen molar-refractivity contribution in [3.63, 3.8) is 0 Å². The molecule has 3 rings (SSSR count). The lowest BCUT2D eigenvalue weighted by atomic mass is 10.0. The first kappa shape index (κ1) is 22.4. The average molecular weight is 432 g/mol. The summed E-state index contributed by atoms with van der Waals surface area (Å²) in [5.41, 5.74) is -0.570. The third-order valence-electron chi connectivity index (χ3n) is 5.30. The number of carboxylic acid groups (broad SMARTS) is 1. The lowest BCUT2D eigenvalue weighted by Gasteiger charge is -2.24. The van der Waals surface area contributed by atoms with Gasteiger partial charge in [-0.15, -0.1) is 0 Å². The average Bonchev–Trinajstić information content (AvgIpc) is 3.18. The van der Waals surface area contributed by atoms with Crippen LogP contribution < -0.4 is 0 Å². The summed E-state index contributed by atoms with van der Waals surface area (Å²) < 4.78 is 38.9. The largest absolute Gasteiger partial charge is 0.477 e. The Labute approximate surface area is 177 Å². The van der Waals surface area contributed by atoms with Gasteiger partial charge in [-0.2, -0.15) is 8.78 Å². The molecule has 6 nitrogen and oxygen atoms in total. The molecular weight excluding hydrogens is 410 g/mol. The molecule has 1 unspecified atom stereocenters. The molecule has 1 aliphatic carbocycles. The number of carbonyl (C=O) groups excluding carboxylic acids is 2. The molecule has 1 atom stereocenters. The molecule has 2 aromatic rings. The second-order valence-electron chi connectivity index (χ2n) is 7.75. The predicted molar refractivity (Wildman–Crippen MR) is 106 cm³/mol. The summed E-state index contributed by atoms with van der Waals surface area (Å²) in [6.45, 7) is 1.87. The summed E-state index contributed by atoms with van der Waals surface area (Å²) in [5.74, 6) is -8.42. The van der Waals surface area contributed by atoms with E-state index in [1.165, 1.54) is 48.5 Å². The lowest BCUT2D eigenvalue weighted by Crippen LogP contribution is -2.38. The Morgan fingerprint density at radius 1 is 0.935 bits per heavy atom. The topological polar surface area (TPSA) is 89.9 Å². The van der Waals surface area contributed by atoms with Crippen LogP contribution in [0.2, 0.25) is 0 Å². The number of aliphatic carboxylic acids is 1. The summed E-state index contributed by atoms with van der Waals surface area (Å²) in [5, 5.41) is 8.90. The summed E-state index contributed by atoms with van der Waals surface area (Å²) in [4.78, 5) is 35.8. The first-order valence-corrected chi connectivity index (χ1v) is 9.83. The molecule has 0 spiro atoms. The number of esters is 2. The van der Waals surface area contributed by atoms with E-state index in [9.17, 15) is 23.2 Å². The van der Waals surface area contributed by atoms with Gasteiger partial charge in [0.15, 0.2) is 0 Å². The van der Waals surface area contributed by atoms with Gasteiger partial charge in [-0.05, 0) is 62.4 Å². The van der Waals surface area contributed by atoms with Gasteiger partial charge in [-0.1, -0.05) is 30.3 Å². The van der Waals surface area contributed by atoms with Crippen molar-refractivity contribution in [2.24, 2.45) is 0 Å². The van der Waals surface area contributed by atoms with Gasteiger partial charge in [0.1, 0.15) is 5.60 Å². The normalized spacial score (nSPS) is 16.4. The monoisotopic (exact) mass is 432 g/mol. The highest BCUT2D eigenvalue weighted by Crippen LogP contribution is 2.36. The van der Waals surface area contributed by atoms with Crippen LogP contribution in [0.3, 0.4) is 0 Å². The van der Waals surface area contributed by atoms with Gasteiger partial charge in [-0.3, -0.25) is 0 Å². The van der Waals surface area contributed by atoms with Crippen LogP contribution in [0, 0.1) is 0 Å². The Kier molecular flexibility index (Phi) is 6.38. The van der Waals surface area contributed by atoms with Crippen molar-refractivity contribution < 1.29 is 37.7 Å². The van der Waals surface area contributed by atoms with Crippen molar-refractivity contribution in [3.8, 4) is 0 Å². The van der Waals surface area contributed by atoms with E-state index < -0.39 is 35.5 Å². The fourth-order valence-corrected chi connectivity index (χ4v) is 3.52. The molecule has 1 aliphatic rings. The molecule has 0 heterocycles. The van der Waals surface area contributed by atoms with Gasteiger partial charge in [0.2, 0.25) is 6.10 Å². The highest BCUT2D eigenvalue weighted by atomic mass is 19.3. The van der Waals surface area contributed by atoms with E-state index in [0.29, 0.717) is 0 Å². The number of hydrogen-bond acceptors (Lipinski definition) is 5. The van der Waals surface area contributed by atoms with E-state index in [1.54, 1.807) is 6.07 Å². The molecule has 0 amide bonds. The SMILES string of the molecule is CC1(OC(=O)c2ccc(C(=O)OC(c3ccccc3)C(F)(F)C(=O)O)cc2)CCCC1. The van der Waals surface area contributed by atoms with Crippen molar-refractivity contribution in [3.05, 3.63) is 71.3 Å². The summed E-state index contributed by atoms with van der Waals surface area (Å²) in [6, 6.07) is 12.1. The van der Waals surface area contributed by atoms with Gasteiger partial charge in [0.05, 0.1) is 11.1 Å². The van der Waals surface area contributed by atoms with E-state index in [1.807, 2.05) is 6.92 Å². The molecule has 1 saturated carbocycles. The first-order valence-electron chi connectivity index (χ1n) is 9.83. The number of halogens is 2. The van der Waals surface area contributed by atoms with Crippen LogP contribution in [-0.4, -0.2) is 34.5 Å². The second kappa shape index (κ2) is 8.83. The minimum atomic E-state index is -4.34. The Morgan fingerprint density at radius 3 is 1.97 bits per heavy atom. The number of rotatable bonds is 7. The van der Waals surface area contributed by atoms with Crippen molar-refractivity contribution in [1.29, 1.82) is 0 Å². The van der Waals surface area contributed by atoms with Crippen LogP contribution in [0.25, 0.3) is 0 Å². The van der Waals surface area contributed by atoms with Crippen LogP contribution in [0.1, 0.15) is 65.0 Å². The molecule has 1 N–H and O–H groups in total. The smallest absolute Gasteiger partial charge is 0.382 e. The molecule has 8 heteroatoms. The molecule has 0 aliphatic heterocycles. The van der Waals surface area contributed by atoms with Gasteiger partial charge in [0, 0.05) is 0 Å². The predicted octanol–water partition coefficient (Wildman–Crippen LogP) is 4.79. The Morgan fingerprint density at radius 2 is 1.45 bits per heavy atom. The lowest BCUT2D eigenvalue weighted by molar-refractivity contribution is -0.183.